The van der Waals surface area contributed by atoms with Crippen molar-refractivity contribution in [2.45, 2.75) is 0 Å². The lowest BCUT2D eigenvalue weighted by Crippen LogP contribution is -2.33. The molecule has 0 amide bonds. The standard InChI is InChI=1S/Cl3NO6S3/c1-11(5,6)4(12(2,7)8)13(3,9)10. The summed E-state index contributed by atoms with van der Waals surface area (Å²) in [5.74, 6) is 0. The third-order valence-corrected chi connectivity index (χ3v) is 7.85. The Balaban J connectivity index is 5.87. The molecule has 0 unspecified atom stereocenters. The Labute approximate surface area is 87.8 Å². The van der Waals surface area contributed by atoms with Crippen LogP contribution in [0.3, 0.4) is 0 Å². The highest BCUT2D eigenvalue weighted by atomic mass is 35.7. The lowest BCUT2D eigenvalue weighted by molar-refractivity contribution is 0.550. The van der Waals surface area contributed by atoms with Crippen LogP contribution in [0.5, 0.6) is 0 Å². The molecule has 13 heavy (non-hydrogen) atoms. The van der Waals surface area contributed by atoms with Gasteiger partial charge in [0.1, 0.15) is 0 Å². The van der Waals surface area contributed by atoms with Gasteiger partial charge in [0.25, 0.3) is 0 Å². The van der Waals surface area contributed by atoms with Gasteiger partial charge in [0.05, 0.1) is 3.12 Å². The van der Waals surface area contributed by atoms with Gasteiger partial charge in [-0.3, -0.25) is 0 Å². The Kier molecular flexibility index (Phi) is 3.87. The van der Waals surface area contributed by atoms with Crippen molar-refractivity contribution < 1.29 is 25.3 Å². The van der Waals surface area contributed by atoms with Gasteiger partial charge in [0, 0.05) is 32.0 Å². The van der Waals surface area contributed by atoms with Crippen molar-refractivity contribution in [2.75, 3.05) is 0 Å². The summed E-state index contributed by atoms with van der Waals surface area (Å²) in [6, 6.07) is 0. The maximum absolute atomic E-state index is 10.4. The second-order valence-corrected chi connectivity index (χ2v) is 9.23. The normalized spacial score (nSPS) is 14.8. The molecule has 0 saturated heterocycles. The summed E-state index contributed by atoms with van der Waals surface area (Å²) >= 11 is 0. The monoisotopic (exact) mass is 311 g/mol. The van der Waals surface area contributed by atoms with E-state index in [-0.39, 0.29) is 0 Å². The van der Waals surface area contributed by atoms with Crippen LogP contribution in [0.2, 0.25) is 0 Å². The highest BCUT2D eigenvalue weighted by Gasteiger charge is 2.42. The summed E-state index contributed by atoms with van der Waals surface area (Å²) in [7, 11) is -2.03. The largest absolute Gasteiger partial charge is 0.328 e. The second-order valence-electron chi connectivity index (χ2n) is 1.46. The van der Waals surface area contributed by atoms with Crippen LogP contribution in [0.15, 0.2) is 0 Å². The molecule has 0 saturated carbocycles. The topological polar surface area (TPSA) is 106 Å². The number of nitrogens with zero attached hydrogens (tertiary/aromatic N) is 1. The minimum Gasteiger partial charge on any atom is -0.193 e. The first kappa shape index (κ1) is 13.7. The van der Waals surface area contributed by atoms with Crippen molar-refractivity contribution in [3.05, 3.63) is 0 Å². The molecule has 0 N–H and O–H groups in total. The van der Waals surface area contributed by atoms with Gasteiger partial charge in [-0.1, -0.05) is 0 Å². The van der Waals surface area contributed by atoms with Crippen LogP contribution in [0.25, 0.3) is 0 Å². The molecule has 0 rings (SSSR count). The van der Waals surface area contributed by atoms with Crippen LogP contribution in [-0.4, -0.2) is 28.4 Å². The molecule has 13 heteroatoms. The second kappa shape index (κ2) is 3.68. The first-order valence-electron chi connectivity index (χ1n) is 2.01. The number of rotatable bonds is 3. The zero-order chi connectivity index (χ0) is 11.1. The van der Waals surface area contributed by atoms with Crippen LogP contribution in [0, 0.1) is 0 Å². The fourth-order valence-electron chi connectivity index (χ4n) is 0.319. The smallest absolute Gasteiger partial charge is 0.193 e. The van der Waals surface area contributed by atoms with E-state index in [1.165, 1.54) is 0 Å². The van der Waals surface area contributed by atoms with Crippen molar-refractivity contribution in [1.82, 2.24) is 3.12 Å². The molecule has 0 aromatic heterocycles. The van der Waals surface area contributed by atoms with Gasteiger partial charge < -0.3 is 0 Å². The van der Waals surface area contributed by atoms with Crippen LogP contribution in [0.1, 0.15) is 0 Å². The third kappa shape index (κ3) is 4.14. The summed E-state index contributed by atoms with van der Waals surface area (Å²) in [5.41, 5.74) is 0. The quantitative estimate of drug-likeness (QED) is 0.665. The predicted octanol–water partition coefficient (Wildman–Crippen LogP) is -0.261. The van der Waals surface area contributed by atoms with Crippen molar-refractivity contribution in [3.63, 3.8) is 0 Å². The number of hydrogen-bond donors (Lipinski definition) is 0. The van der Waals surface area contributed by atoms with Gasteiger partial charge in [-0.05, 0) is 0 Å². The molecule has 0 aliphatic rings. The van der Waals surface area contributed by atoms with E-state index in [1.54, 1.807) is 0 Å². The van der Waals surface area contributed by atoms with Crippen molar-refractivity contribution in [3.8, 4) is 0 Å². The molecule has 0 aromatic rings. The molecule has 80 valence electrons. The molecule has 0 aliphatic heterocycles. The first-order chi connectivity index (χ1) is 5.37. The molecule has 0 bridgehead atoms. The summed E-state index contributed by atoms with van der Waals surface area (Å²) < 4.78 is 61.1. The predicted molar refractivity (Wildman–Crippen MR) is 46.2 cm³/mol. The van der Waals surface area contributed by atoms with E-state index in [4.69, 9.17) is 0 Å². The first-order valence-corrected chi connectivity index (χ1v) is 8.81. The zero-order valence-electron chi connectivity index (χ0n) is 5.26. The summed E-state index contributed by atoms with van der Waals surface area (Å²) in [6.45, 7) is 0. The van der Waals surface area contributed by atoms with E-state index in [9.17, 15) is 25.3 Å². The highest BCUT2D eigenvalue weighted by Crippen LogP contribution is 2.23. The molecular formula is Cl3NO6S3. The fraction of sp³-hybridized carbons (Fsp3) is 0. The molecular weight excluding hydrogens is 313 g/mol. The molecule has 0 aliphatic carbocycles. The lowest BCUT2D eigenvalue weighted by atomic mass is 13.8. The van der Waals surface area contributed by atoms with Crippen LogP contribution < -0.4 is 0 Å². The molecule has 0 atom stereocenters. The zero-order valence-corrected chi connectivity index (χ0v) is 9.97. The van der Waals surface area contributed by atoms with Crippen LogP contribution in [0.4, 0.5) is 0 Å². The maximum Gasteiger partial charge on any atom is 0.328 e. The number of hydrogen-bond acceptors (Lipinski definition) is 6. The lowest BCUT2D eigenvalue weighted by Gasteiger charge is -2.08. The molecule has 7 nitrogen and oxygen atoms in total. The Morgan fingerprint density at radius 1 is 0.615 bits per heavy atom. The Morgan fingerprint density at radius 3 is 0.769 bits per heavy atom. The van der Waals surface area contributed by atoms with E-state index in [1.807, 2.05) is 0 Å². The number of halogens is 3. The van der Waals surface area contributed by atoms with Gasteiger partial charge in [-0.15, -0.1) is 0 Å². The summed E-state index contributed by atoms with van der Waals surface area (Å²) in [4.78, 5) is 0. The van der Waals surface area contributed by atoms with Gasteiger partial charge in [0.15, 0.2) is 0 Å². The average Bonchev–Trinajstić information content (AvgIpc) is 1.44. The molecule has 0 heterocycles. The van der Waals surface area contributed by atoms with Gasteiger partial charge in [0.2, 0.25) is 0 Å². The van der Waals surface area contributed by atoms with Crippen LogP contribution in [-0.2, 0) is 27.7 Å². The fourth-order valence-corrected chi connectivity index (χ4v) is 7.66. The molecule has 0 fully saturated rings. The Bertz CT molecular complexity index is 405. The van der Waals surface area contributed by atoms with E-state index >= 15 is 0 Å². The molecule has 0 radical (unpaired) electrons. The SMILES string of the molecule is O=S(=O)(Cl)N(S(=O)(=O)Cl)S(=O)(=O)Cl. The third-order valence-electron chi connectivity index (χ3n) is 0.534. The van der Waals surface area contributed by atoms with Crippen LogP contribution >= 0.6 is 32.0 Å². The van der Waals surface area contributed by atoms with Gasteiger partial charge in [-0.25, -0.2) is 0 Å². The van der Waals surface area contributed by atoms with Crippen molar-refractivity contribution in [1.29, 1.82) is 0 Å². The minimum atomic E-state index is -5.11. The summed E-state index contributed by atoms with van der Waals surface area (Å²) in [6.07, 6.45) is 0. The van der Waals surface area contributed by atoms with E-state index in [0.717, 1.165) is 0 Å². The maximum atomic E-state index is 10.4. The van der Waals surface area contributed by atoms with E-state index in [2.05, 4.69) is 32.0 Å². The Hall–Kier alpha value is 0.680. The average molecular weight is 313 g/mol. The minimum absolute atomic E-state index is 1.22. The van der Waals surface area contributed by atoms with Gasteiger partial charge in [-0.2, -0.15) is 25.3 Å². The van der Waals surface area contributed by atoms with Crippen molar-refractivity contribution in [2.24, 2.45) is 0 Å². The van der Waals surface area contributed by atoms with Gasteiger partial charge >= 0.3 is 27.7 Å². The van der Waals surface area contributed by atoms with Crippen molar-refractivity contribution >= 4 is 59.8 Å². The molecule has 0 spiro atoms. The highest BCUT2D eigenvalue weighted by molar-refractivity contribution is 8.36. The van der Waals surface area contributed by atoms with E-state index < -0.39 is 30.8 Å². The van der Waals surface area contributed by atoms with E-state index in [0.29, 0.717) is 0 Å². The Morgan fingerprint density at radius 2 is 0.769 bits per heavy atom. The summed E-state index contributed by atoms with van der Waals surface area (Å²) in [5, 5.41) is 0. The molecule has 0 aromatic carbocycles.